The Kier molecular flexibility index (Phi) is 4.57. The zero-order chi connectivity index (χ0) is 12.1. The van der Waals surface area contributed by atoms with Gasteiger partial charge in [-0.25, -0.2) is 0 Å². The van der Waals surface area contributed by atoms with E-state index in [-0.39, 0.29) is 18.0 Å². The van der Waals surface area contributed by atoms with E-state index in [9.17, 15) is 4.79 Å². The molecule has 1 aromatic rings. The van der Waals surface area contributed by atoms with E-state index in [0.717, 1.165) is 25.8 Å². The highest BCUT2D eigenvalue weighted by Crippen LogP contribution is 2.10. The van der Waals surface area contributed by atoms with Gasteiger partial charge in [0.1, 0.15) is 0 Å². The van der Waals surface area contributed by atoms with Gasteiger partial charge < -0.3 is 10.6 Å². The van der Waals surface area contributed by atoms with Crippen molar-refractivity contribution < 1.29 is 4.79 Å². The topological polar surface area (TPSA) is 41.1 Å². The fourth-order valence-electron chi connectivity index (χ4n) is 2.23. The molecule has 0 spiro atoms. The van der Waals surface area contributed by atoms with Gasteiger partial charge in [0, 0.05) is 6.04 Å². The summed E-state index contributed by atoms with van der Waals surface area (Å²) in [6.07, 6.45) is 4.23. The molecular weight excluding hydrogens is 232 g/mol. The van der Waals surface area contributed by atoms with Crippen LogP contribution in [0.1, 0.15) is 31.7 Å². The van der Waals surface area contributed by atoms with Gasteiger partial charge in [-0.1, -0.05) is 6.42 Å². The van der Waals surface area contributed by atoms with Crippen molar-refractivity contribution in [1.82, 2.24) is 10.6 Å². The maximum Gasteiger partial charge on any atom is 0.237 e. The van der Waals surface area contributed by atoms with Gasteiger partial charge in [0.05, 0.1) is 6.04 Å². The second kappa shape index (κ2) is 6.17. The lowest BCUT2D eigenvalue weighted by Crippen LogP contribution is -2.49. The summed E-state index contributed by atoms with van der Waals surface area (Å²) in [6, 6.07) is 2.35. The maximum atomic E-state index is 12.0. The first-order valence-corrected chi connectivity index (χ1v) is 7.25. The Morgan fingerprint density at radius 2 is 2.53 bits per heavy atom. The zero-order valence-corrected chi connectivity index (χ0v) is 11.1. The SMILES string of the molecule is CC(Cc1ccsc1)NC(=O)[C@@H]1CCCCN1. The molecule has 2 rings (SSSR count). The monoisotopic (exact) mass is 252 g/mol. The lowest BCUT2D eigenvalue weighted by atomic mass is 10.0. The summed E-state index contributed by atoms with van der Waals surface area (Å²) in [4.78, 5) is 12.0. The van der Waals surface area contributed by atoms with Gasteiger partial charge in [0.15, 0.2) is 0 Å². The molecule has 0 bridgehead atoms. The van der Waals surface area contributed by atoms with E-state index in [2.05, 4.69) is 34.4 Å². The Morgan fingerprint density at radius 1 is 1.65 bits per heavy atom. The number of amides is 1. The van der Waals surface area contributed by atoms with Crippen molar-refractivity contribution >= 4 is 17.2 Å². The molecule has 1 aliphatic heterocycles. The summed E-state index contributed by atoms with van der Waals surface area (Å²) >= 11 is 1.70. The minimum Gasteiger partial charge on any atom is -0.352 e. The van der Waals surface area contributed by atoms with Crippen LogP contribution in [0.15, 0.2) is 16.8 Å². The Morgan fingerprint density at radius 3 is 3.18 bits per heavy atom. The molecule has 1 saturated heterocycles. The first-order chi connectivity index (χ1) is 8.25. The van der Waals surface area contributed by atoms with Crippen LogP contribution in [0.3, 0.4) is 0 Å². The van der Waals surface area contributed by atoms with Crippen LogP contribution in [-0.2, 0) is 11.2 Å². The third-order valence-corrected chi connectivity index (χ3v) is 3.87. The minimum absolute atomic E-state index is 0.0219. The number of hydrogen-bond donors (Lipinski definition) is 2. The van der Waals surface area contributed by atoms with Crippen molar-refractivity contribution in [2.24, 2.45) is 0 Å². The number of thiophene rings is 1. The molecule has 1 amide bonds. The van der Waals surface area contributed by atoms with E-state index in [1.165, 1.54) is 12.0 Å². The lowest BCUT2D eigenvalue weighted by molar-refractivity contribution is -0.124. The molecule has 1 aliphatic rings. The average Bonchev–Trinajstić information content (AvgIpc) is 2.82. The predicted molar refractivity (Wildman–Crippen MR) is 71.3 cm³/mol. The highest BCUT2D eigenvalue weighted by molar-refractivity contribution is 7.07. The zero-order valence-electron chi connectivity index (χ0n) is 10.2. The molecule has 3 nitrogen and oxygen atoms in total. The van der Waals surface area contributed by atoms with E-state index >= 15 is 0 Å². The minimum atomic E-state index is 0.0219. The number of piperidine rings is 1. The summed E-state index contributed by atoms with van der Waals surface area (Å²) in [6.45, 7) is 3.04. The van der Waals surface area contributed by atoms with Crippen LogP contribution in [0.4, 0.5) is 0 Å². The number of carbonyl (C=O) groups excluding carboxylic acids is 1. The second-order valence-corrected chi connectivity index (χ2v) is 5.53. The fourth-order valence-corrected chi connectivity index (χ4v) is 2.91. The summed E-state index contributed by atoms with van der Waals surface area (Å²) in [5.74, 6) is 0.160. The quantitative estimate of drug-likeness (QED) is 0.860. The normalized spacial score (nSPS) is 22.1. The smallest absolute Gasteiger partial charge is 0.237 e. The van der Waals surface area contributed by atoms with Crippen LogP contribution in [0.25, 0.3) is 0 Å². The van der Waals surface area contributed by atoms with Crippen molar-refractivity contribution in [2.45, 2.75) is 44.7 Å². The molecule has 0 aromatic carbocycles. The van der Waals surface area contributed by atoms with Crippen LogP contribution in [-0.4, -0.2) is 24.5 Å². The number of hydrogen-bond acceptors (Lipinski definition) is 3. The standard InChI is InChI=1S/C13H20N2OS/c1-10(8-11-5-7-17-9-11)15-13(16)12-4-2-3-6-14-12/h5,7,9-10,12,14H,2-4,6,8H2,1H3,(H,15,16)/t10?,12-/m0/s1. The van der Waals surface area contributed by atoms with Crippen LogP contribution < -0.4 is 10.6 Å². The molecule has 0 radical (unpaired) electrons. The van der Waals surface area contributed by atoms with Crippen LogP contribution in [0.2, 0.25) is 0 Å². The molecule has 94 valence electrons. The average molecular weight is 252 g/mol. The molecule has 1 fully saturated rings. The van der Waals surface area contributed by atoms with E-state index in [4.69, 9.17) is 0 Å². The molecule has 4 heteroatoms. The van der Waals surface area contributed by atoms with Crippen molar-refractivity contribution in [3.05, 3.63) is 22.4 Å². The van der Waals surface area contributed by atoms with Gasteiger partial charge in [-0.3, -0.25) is 4.79 Å². The summed E-state index contributed by atoms with van der Waals surface area (Å²) in [5.41, 5.74) is 1.31. The molecule has 17 heavy (non-hydrogen) atoms. The molecule has 2 atom stereocenters. The van der Waals surface area contributed by atoms with Crippen molar-refractivity contribution in [2.75, 3.05) is 6.54 Å². The molecule has 1 unspecified atom stereocenters. The summed E-state index contributed by atoms with van der Waals surface area (Å²) in [5, 5.41) is 10.6. The highest BCUT2D eigenvalue weighted by atomic mass is 32.1. The Bertz CT molecular complexity index is 344. The van der Waals surface area contributed by atoms with Crippen molar-refractivity contribution in [3.63, 3.8) is 0 Å². The van der Waals surface area contributed by atoms with Gasteiger partial charge in [0.25, 0.3) is 0 Å². The Labute approximate surface area is 107 Å². The van der Waals surface area contributed by atoms with Crippen molar-refractivity contribution in [3.8, 4) is 0 Å². The molecule has 2 N–H and O–H groups in total. The predicted octanol–water partition coefficient (Wildman–Crippen LogP) is 1.94. The van der Waals surface area contributed by atoms with E-state index in [1.54, 1.807) is 11.3 Å². The second-order valence-electron chi connectivity index (χ2n) is 4.75. The Hall–Kier alpha value is -0.870. The van der Waals surface area contributed by atoms with Gasteiger partial charge in [-0.05, 0) is 55.1 Å². The van der Waals surface area contributed by atoms with Crippen LogP contribution >= 0.6 is 11.3 Å². The van der Waals surface area contributed by atoms with Crippen LogP contribution in [0.5, 0.6) is 0 Å². The molecule has 2 heterocycles. The van der Waals surface area contributed by atoms with Gasteiger partial charge >= 0.3 is 0 Å². The van der Waals surface area contributed by atoms with Gasteiger partial charge in [-0.15, -0.1) is 0 Å². The third-order valence-electron chi connectivity index (χ3n) is 3.14. The number of carbonyl (C=O) groups is 1. The Balaban J connectivity index is 1.77. The van der Waals surface area contributed by atoms with Crippen LogP contribution in [0, 0.1) is 0 Å². The van der Waals surface area contributed by atoms with E-state index in [0.29, 0.717) is 0 Å². The number of nitrogens with one attached hydrogen (secondary N) is 2. The van der Waals surface area contributed by atoms with Gasteiger partial charge in [0.2, 0.25) is 5.91 Å². The van der Waals surface area contributed by atoms with E-state index in [1.807, 2.05) is 0 Å². The van der Waals surface area contributed by atoms with E-state index < -0.39 is 0 Å². The fraction of sp³-hybridized carbons (Fsp3) is 0.615. The molecule has 1 aromatic heterocycles. The molecular formula is C13H20N2OS. The van der Waals surface area contributed by atoms with Gasteiger partial charge in [-0.2, -0.15) is 11.3 Å². The first kappa shape index (κ1) is 12.6. The first-order valence-electron chi connectivity index (χ1n) is 6.30. The number of rotatable bonds is 4. The lowest BCUT2D eigenvalue weighted by Gasteiger charge is -2.24. The summed E-state index contributed by atoms with van der Waals surface area (Å²) < 4.78 is 0. The summed E-state index contributed by atoms with van der Waals surface area (Å²) in [7, 11) is 0. The van der Waals surface area contributed by atoms with Crippen molar-refractivity contribution in [1.29, 1.82) is 0 Å². The highest BCUT2D eigenvalue weighted by Gasteiger charge is 2.21. The maximum absolute atomic E-state index is 12.0. The molecule has 0 saturated carbocycles. The third kappa shape index (κ3) is 3.82. The molecule has 0 aliphatic carbocycles. The largest absolute Gasteiger partial charge is 0.352 e.